The third-order valence-corrected chi connectivity index (χ3v) is 6.80. The standard InChI is InChI=1S/C30H64N4O/c1-3-5-7-9-11-13-15-17-19-21-23-31-24-25-32-26-27-33-28-29-34-30(35)22-20-18-16-14-12-10-8-6-4-2/h31-33H,3-29H2,1-2H3,(H,34,35). The first kappa shape index (κ1) is 34.4. The molecular formula is C30H64N4O. The quantitative estimate of drug-likeness (QED) is 0.0834. The third kappa shape index (κ3) is 31.3. The van der Waals surface area contributed by atoms with E-state index in [1.54, 1.807) is 0 Å². The molecule has 0 unspecified atom stereocenters. The number of hydrogen-bond acceptors (Lipinski definition) is 4. The molecule has 4 N–H and O–H groups in total. The van der Waals surface area contributed by atoms with Crippen LogP contribution in [0.1, 0.15) is 142 Å². The minimum absolute atomic E-state index is 0.210. The molecule has 0 aliphatic carbocycles. The second-order valence-electron chi connectivity index (χ2n) is 10.4. The molecule has 0 rings (SSSR count). The fraction of sp³-hybridized carbons (Fsp3) is 0.967. The van der Waals surface area contributed by atoms with Gasteiger partial charge in [0.1, 0.15) is 0 Å². The summed E-state index contributed by atoms with van der Waals surface area (Å²) in [5.74, 6) is 0.210. The minimum Gasteiger partial charge on any atom is -0.355 e. The summed E-state index contributed by atoms with van der Waals surface area (Å²) < 4.78 is 0. The van der Waals surface area contributed by atoms with Crippen LogP contribution in [-0.4, -0.2) is 51.7 Å². The highest BCUT2D eigenvalue weighted by Gasteiger charge is 2.00. The molecular weight excluding hydrogens is 432 g/mol. The molecule has 0 saturated carbocycles. The molecule has 5 heteroatoms. The van der Waals surface area contributed by atoms with Gasteiger partial charge < -0.3 is 21.3 Å². The van der Waals surface area contributed by atoms with E-state index in [4.69, 9.17) is 0 Å². The zero-order chi connectivity index (χ0) is 25.5. The highest BCUT2D eigenvalue weighted by molar-refractivity contribution is 5.75. The Bertz CT molecular complexity index is 406. The van der Waals surface area contributed by atoms with E-state index in [9.17, 15) is 4.79 Å². The van der Waals surface area contributed by atoms with Crippen LogP contribution in [0.4, 0.5) is 0 Å². The van der Waals surface area contributed by atoms with Gasteiger partial charge in [0, 0.05) is 45.7 Å². The number of unbranched alkanes of at least 4 members (excludes halogenated alkanes) is 17. The molecule has 0 aromatic heterocycles. The van der Waals surface area contributed by atoms with E-state index in [0.717, 1.165) is 52.2 Å². The molecule has 0 bridgehead atoms. The predicted molar refractivity (Wildman–Crippen MR) is 155 cm³/mol. The Morgan fingerprint density at radius 3 is 1.20 bits per heavy atom. The van der Waals surface area contributed by atoms with Gasteiger partial charge in [0.2, 0.25) is 5.91 Å². The molecule has 0 radical (unpaired) electrons. The van der Waals surface area contributed by atoms with Crippen LogP contribution in [0.25, 0.3) is 0 Å². The summed E-state index contributed by atoms with van der Waals surface area (Å²) in [4.78, 5) is 11.9. The van der Waals surface area contributed by atoms with Crippen LogP contribution in [-0.2, 0) is 4.79 Å². The zero-order valence-electron chi connectivity index (χ0n) is 24.0. The molecule has 0 atom stereocenters. The Hall–Kier alpha value is -0.650. The largest absolute Gasteiger partial charge is 0.355 e. The number of nitrogens with one attached hydrogen (secondary N) is 4. The lowest BCUT2D eigenvalue weighted by Crippen LogP contribution is -2.36. The maximum absolute atomic E-state index is 11.9. The lowest BCUT2D eigenvalue weighted by atomic mass is 10.1. The van der Waals surface area contributed by atoms with Crippen LogP contribution in [0.15, 0.2) is 0 Å². The number of hydrogen-bond donors (Lipinski definition) is 4. The Balaban J connectivity index is 3.12. The fourth-order valence-electron chi connectivity index (χ4n) is 4.44. The van der Waals surface area contributed by atoms with Gasteiger partial charge in [-0.1, -0.05) is 123 Å². The fourth-order valence-corrected chi connectivity index (χ4v) is 4.44. The van der Waals surface area contributed by atoms with Gasteiger partial charge in [-0.25, -0.2) is 0 Å². The maximum Gasteiger partial charge on any atom is 0.220 e. The lowest BCUT2D eigenvalue weighted by molar-refractivity contribution is -0.121. The van der Waals surface area contributed by atoms with Crippen LogP contribution in [0.2, 0.25) is 0 Å². The van der Waals surface area contributed by atoms with Crippen LogP contribution in [0.5, 0.6) is 0 Å². The lowest BCUT2D eigenvalue weighted by Gasteiger charge is -2.09. The van der Waals surface area contributed by atoms with Crippen molar-refractivity contribution in [3.05, 3.63) is 0 Å². The Morgan fingerprint density at radius 1 is 0.400 bits per heavy atom. The second-order valence-corrected chi connectivity index (χ2v) is 10.4. The van der Waals surface area contributed by atoms with Gasteiger partial charge in [-0.3, -0.25) is 4.79 Å². The van der Waals surface area contributed by atoms with Gasteiger partial charge >= 0.3 is 0 Å². The molecule has 0 aromatic rings. The minimum atomic E-state index is 0.210. The first-order valence-electron chi connectivity index (χ1n) is 15.7. The van der Waals surface area contributed by atoms with Crippen molar-refractivity contribution in [1.29, 1.82) is 0 Å². The summed E-state index contributed by atoms with van der Waals surface area (Å²) in [7, 11) is 0. The molecule has 210 valence electrons. The molecule has 1 amide bonds. The van der Waals surface area contributed by atoms with Gasteiger partial charge in [0.15, 0.2) is 0 Å². The van der Waals surface area contributed by atoms with Gasteiger partial charge in [-0.15, -0.1) is 0 Å². The molecule has 0 spiro atoms. The Kier molecular flexibility index (Phi) is 30.8. The number of rotatable bonds is 30. The van der Waals surface area contributed by atoms with Crippen molar-refractivity contribution in [2.75, 3.05) is 45.8 Å². The topological polar surface area (TPSA) is 65.2 Å². The van der Waals surface area contributed by atoms with Crippen molar-refractivity contribution < 1.29 is 4.79 Å². The Labute approximate surface area is 220 Å². The summed E-state index contributed by atoms with van der Waals surface area (Å²) in [6, 6.07) is 0. The van der Waals surface area contributed by atoms with Crippen molar-refractivity contribution in [3.63, 3.8) is 0 Å². The molecule has 0 aromatic carbocycles. The van der Waals surface area contributed by atoms with Crippen molar-refractivity contribution in [1.82, 2.24) is 21.3 Å². The monoisotopic (exact) mass is 497 g/mol. The SMILES string of the molecule is CCCCCCCCCCCCNCCNCCNCCNC(=O)CCCCCCCCCCC. The first-order valence-corrected chi connectivity index (χ1v) is 15.7. The van der Waals surface area contributed by atoms with Crippen molar-refractivity contribution in [3.8, 4) is 0 Å². The van der Waals surface area contributed by atoms with E-state index in [1.807, 2.05) is 0 Å². The summed E-state index contributed by atoms with van der Waals surface area (Å²) in [5, 5.41) is 13.4. The average Bonchev–Trinajstić information content (AvgIpc) is 2.86. The molecule has 0 fully saturated rings. The number of carbonyl (C=O) groups excluding carboxylic acids is 1. The summed E-state index contributed by atoms with van der Waals surface area (Å²) >= 11 is 0. The van der Waals surface area contributed by atoms with E-state index in [2.05, 4.69) is 35.1 Å². The maximum atomic E-state index is 11.9. The average molecular weight is 497 g/mol. The van der Waals surface area contributed by atoms with E-state index < -0.39 is 0 Å². The highest BCUT2D eigenvalue weighted by Crippen LogP contribution is 2.11. The van der Waals surface area contributed by atoms with E-state index >= 15 is 0 Å². The second kappa shape index (κ2) is 31.4. The van der Waals surface area contributed by atoms with Crippen molar-refractivity contribution >= 4 is 5.91 Å². The van der Waals surface area contributed by atoms with Crippen LogP contribution >= 0.6 is 0 Å². The molecule has 0 aliphatic heterocycles. The smallest absolute Gasteiger partial charge is 0.220 e. The molecule has 0 heterocycles. The first-order chi connectivity index (χ1) is 17.3. The highest BCUT2D eigenvalue weighted by atomic mass is 16.1. The molecule has 5 nitrogen and oxygen atoms in total. The summed E-state index contributed by atoms with van der Waals surface area (Å²) in [5.41, 5.74) is 0. The van der Waals surface area contributed by atoms with Gasteiger partial charge in [-0.05, 0) is 19.4 Å². The zero-order valence-corrected chi connectivity index (χ0v) is 24.0. The van der Waals surface area contributed by atoms with Crippen molar-refractivity contribution in [2.45, 2.75) is 142 Å². The van der Waals surface area contributed by atoms with Gasteiger partial charge in [0.25, 0.3) is 0 Å². The number of carbonyl (C=O) groups is 1. The third-order valence-electron chi connectivity index (χ3n) is 6.80. The normalized spacial score (nSPS) is 11.3. The van der Waals surface area contributed by atoms with Crippen LogP contribution < -0.4 is 21.3 Å². The summed E-state index contributed by atoms with van der Waals surface area (Å²) in [6.07, 6.45) is 26.4. The van der Waals surface area contributed by atoms with E-state index in [1.165, 1.54) is 116 Å². The predicted octanol–water partition coefficient (Wildman–Crippen LogP) is 6.71. The van der Waals surface area contributed by atoms with Crippen molar-refractivity contribution in [2.24, 2.45) is 0 Å². The van der Waals surface area contributed by atoms with Crippen LogP contribution in [0.3, 0.4) is 0 Å². The molecule has 0 saturated heterocycles. The number of amides is 1. The van der Waals surface area contributed by atoms with E-state index in [-0.39, 0.29) is 5.91 Å². The van der Waals surface area contributed by atoms with Gasteiger partial charge in [0.05, 0.1) is 0 Å². The summed E-state index contributed by atoms with van der Waals surface area (Å²) in [6.45, 7) is 11.3. The molecule has 35 heavy (non-hydrogen) atoms. The van der Waals surface area contributed by atoms with Gasteiger partial charge in [-0.2, -0.15) is 0 Å². The molecule has 0 aliphatic rings. The van der Waals surface area contributed by atoms with Crippen LogP contribution in [0, 0.1) is 0 Å². The van der Waals surface area contributed by atoms with E-state index in [0.29, 0.717) is 6.42 Å². The Morgan fingerprint density at radius 2 is 0.743 bits per heavy atom.